The van der Waals surface area contributed by atoms with Crippen molar-refractivity contribution in [1.29, 1.82) is 0 Å². The maximum atomic E-state index is 5.65. The molecular formula is C12H19Br2N3. The van der Waals surface area contributed by atoms with E-state index < -0.39 is 0 Å². The monoisotopic (exact) mass is 363 g/mol. The predicted octanol–water partition coefficient (Wildman–Crippen LogP) is 3.94. The van der Waals surface area contributed by atoms with Gasteiger partial charge < -0.3 is 0 Å². The average Bonchev–Trinajstić information content (AvgIpc) is 2.32. The zero-order valence-electron chi connectivity index (χ0n) is 10.2. The van der Waals surface area contributed by atoms with Gasteiger partial charge >= 0.3 is 0 Å². The number of nitrogens with two attached hydrogens (primary N) is 1. The number of hydrazine groups is 1. The third-order valence-electron chi connectivity index (χ3n) is 3.09. The molecule has 0 saturated heterocycles. The number of hydrogen-bond donors (Lipinski definition) is 2. The van der Waals surface area contributed by atoms with E-state index in [9.17, 15) is 0 Å². The molecule has 0 aliphatic heterocycles. The molecule has 1 unspecified atom stereocenters. The Morgan fingerprint density at radius 2 is 2.00 bits per heavy atom. The molecule has 96 valence electrons. The smallest absolute Gasteiger partial charge is 0.0729 e. The van der Waals surface area contributed by atoms with Crippen LogP contribution in [0, 0.1) is 5.92 Å². The van der Waals surface area contributed by atoms with Crippen LogP contribution in [-0.4, -0.2) is 4.98 Å². The van der Waals surface area contributed by atoms with Gasteiger partial charge in [-0.1, -0.05) is 26.7 Å². The Morgan fingerprint density at radius 1 is 1.35 bits per heavy atom. The summed E-state index contributed by atoms with van der Waals surface area (Å²) in [4.78, 5) is 4.43. The van der Waals surface area contributed by atoms with Crippen molar-refractivity contribution in [2.24, 2.45) is 11.8 Å². The van der Waals surface area contributed by atoms with Gasteiger partial charge in [0.2, 0.25) is 0 Å². The molecule has 3 N–H and O–H groups in total. The normalized spacial score (nSPS) is 13.1. The Hall–Kier alpha value is 0.0300. The summed E-state index contributed by atoms with van der Waals surface area (Å²) in [7, 11) is 0. The van der Waals surface area contributed by atoms with Gasteiger partial charge in [0, 0.05) is 15.1 Å². The molecule has 0 fully saturated rings. The van der Waals surface area contributed by atoms with Crippen molar-refractivity contribution in [2.75, 3.05) is 0 Å². The first-order valence-corrected chi connectivity index (χ1v) is 7.48. The average molecular weight is 365 g/mol. The summed E-state index contributed by atoms with van der Waals surface area (Å²) in [6.45, 7) is 4.43. The zero-order valence-corrected chi connectivity index (χ0v) is 13.4. The highest BCUT2D eigenvalue weighted by Crippen LogP contribution is 2.29. The van der Waals surface area contributed by atoms with Crippen LogP contribution < -0.4 is 11.3 Å². The first kappa shape index (κ1) is 15.1. The van der Waals surface area contributed by atoms with E-state index in [1.165, 1.54) is 12.8 Å². The molecule has 0 aliphatic carbocycles. The number of hydrogen-bond acceptors (Lipinski definition) is 3. The minimum atomic E-state index is 0.0994. The fourth-order valence-corrected chi connectivity index (χ4v) is 3.16. The van der Waals surface area contributed by atoms with Crippen molar-refractivity contribution in [3.05, 3.63) is 26.9 Å². The topological polar surface area (TPSA) is 50.9 Å². The third kappa shape index (κ3) is 4.32. The van der Waals surface area contributed by atoms with Crippen molar-refractivity contribution in [3.63, 3.8) is 0 Å². The minimum Gasteiger partial charge on any atom is -0.271 e. The molecule has 17 heavy (non-hydrogen) atoms. The maximum Gasteiger partial charge on any atom is 0.0729 e. The molecule has 0 radical (unpaired) electrons. The van der Waals surface area contributed by atoms with E-state index in [0.29, 0.717) is 5.92 Å². The second-order valence-corrected chi connectivity index (χ2v) is 5.93. The Morgan fingerprint density at radius 3 is 2.47 bits per heavy atom. The van der Waals surface area contributed by atoms with E-state index in [1.54, 1.807) is 6.20 Å². The van der Waals surface area contributed by atoms with Crippen LogP contribution in [0.5, 0.6) is 0 Å². The lowest BCUT2D eigenvalue weighted by Gasteiger charge is -2.21. The summed E-state index contributed by atoms with van der Waals surface area (Å²) < 4.78 is 1.95. The van der Waals surface area contributed by atoms with Crippen LogP contribution in [0.1, 0.15) is 44.8 Å². The molecule has 0 spiro atoms. The zero-order chi connectivity index (χ0) is 12.8. The van der Waals surface area contributed by atoms with Gasteiger partial charge in [-0.05, 0) is 50.3 Å². The standard InChI is InChI=1S/C12H19Br2N3/c1-3-8(4-2)5-11(17-15)12-10(14)6-9(13)7-16-12/h6-8,11,17H,3-5,15H2,1-2H3. The van der Waals surface area contributed by atoms with Crippen molar-refractivity contribution >= 4 is 31.9 Å². The highest BCUT2D eigenvalue weighted by Gasteiger charge is 2.18. The van der Waals surface area contributed by atoms with Crippen LogP contribution >= 0.6 is 31.9 Å². The van der Waals surface area contributed by atoms with Gasteiger partial charge in [-0.2, -0.15) is 0 Å². The SMILES string of the molecule is CCC(CC)CC(NN)c1ncc(Br)cc1Br. The lowest BCUT2D eigenvalue weighted by molar-refractivity contribution is 0.369. The molecule has 1 aromatic heterocycles. The van der Waals surface area contributed by atoms with E-state index in [0.717, 1.165) is 21.1 Å². The summed E-state index contributed by atoms with van der Waals surface area (Å²) in [5.74, 6) is 6.32. The Kier molecular flexibility index (Phi) is 6.62. The molecule has 1 rings (SSSR count). The molecule has 0 aliphatic rings. The predicted molar refractivity (Wildman–Crippen MR) is 78.4 cm³/mol. The molecule has 1 atom stereocenters. The summed E-state index contributed by atoms with van der Waals surface area (Å²) in [6, 6.07) is 2.10. The summed E-state index contributed by atoms with van der Waals surface area (Å²) in [5, 5.41) is 0. The lowest BCUT2D eigenvalue weighted by atomic mass is 9.93. The number of nitrogens with one attached hydrogen (secondary N) is 1. The van der Waals surface area contributed by atoms with E-state index in [4.69, 9.17) is 5.84 Å². The van der Waals surface area contributed by atoms with E-state index in [2.05, 4.69) is 56.1 Å². The van der Waals surface area contributed by atoms with Crippen LogP contribution in [0.4, 0.5) is 0 Å². The number of pyridine rings is 1. The van der Waals surface area contributed by atoms with Crippen LogP contribution in [-0.2, 0) is 0 Å². The van der Waals surface area contributed by atoms with Gasteiger partial charge in [0.25, 0.3) is 0 Å². The fourth-order valence-electron chi connectivity index (χ4n) is 1.90. The number of nitrogens with zero attached hydrogens (tertiary/aromatic N) is 1. The van der Waals surface area contributed by atoms with Gasteiger partial charge in [-0.15, -0.1) is 0 Å². The summed E-state index contributed by atoms with van der Waals surface area (Å²) in [5.41, 5.74) is 3.84. The maximum absolute atomic E-state index is 5.65. The van der Waals surface area contributed by atoms with Crippen molar-refractivity contribution in [1.82, 2.24) is 10.4 Å². The molecule has 0 bridgehead atoms. The Bertz CT molecular complexity index is 354. The highest BCUT2D eigenvalue weighted by molar-refractivity contribution is 9.11. The van der Waals surface area contributed by atoms with E-state index in [-0.39, 0.29) is 6.04 Å². The Labute approximate surface area is 120 Å². The number of aromatic nitrogens is 1. The van der Waals surface area contributed by atoms with Gasteiger partial charge in [-0.3, -0.25) is 16.3 Å². The largest absolute Gasteiger partial charge is 0.271 e. The molecule has 0 aromatic carbocycles. The molecule has 1 heterocycles. The van der Waals surface area contributed by atoms with Crippen LogP contribution in [0.15, 0.2) is 21.2 Å². The van der Waals surface area contributed by atoms with Gasteiger partial charge in [0.15, 0.2) is 0 Å². The first-order valence-electron chi connectivity index (χ1n) is 5.89. The van der Waals surface area contributed by atoms with Crippen molar-refractivity contribution in [3.8, 4) is 0 Å². The number of halogens is 2. The second kappa shape index (κ2) is 7.46. The summed E-state index contributed by atoms with van der Waals surface area (Å²) >= 11 is 6.94. The lowest BCUT2D eigenvalue weighted by Crippen LogP contribution is -2.30. The van der Waals surface area contributed by atoms with Crippen LogP contribution in [0.2, 0.25) is 0 Å². The summed E-state index contributed by atoms with van der Waals surface area (Å²) in [6.07, 6.45) is 5.15. The molecule has 1 aromatic rings. The molecule has 0 amide bonds. The fraction of sp³-hybridized carbons (Fsp3) is 0.583. The van der Waals surface area contributed by atoms with Gasteiger partial charge in [0.1, 0.15) is 0 Å². The molecule has 5 heteroatoms. The van der Waals surface area contributed by atoms with E-state index in [1.807, 2.05) is 6.07 Å². The van der Waals surface area contributed by atoms with E-state index >= 15 is 0 Å². The first-order chi connectivity index (χ1) is 8.12. The molecule has 0 saturated carbocycles. The van der Waals surface area contributed by atoms with Crippen LogP contribution in [0.3, 0.4) is 0 Å². The highest BCUT2D eigenvalue weighted by atomic mass is 79.9. The molecule has 3 nitrogen and oxygen atoms in total. The minimum absolute atomic E-state index is 0.0994. The van der Waals surface area contributed by atoms with Crippen LogP contribution in [0.25, 0.3) is 0 Å². The van der Waals surface area contributed by atoms with Crippen molar-refractivity contribution in [2.45, 2.75) is 39.2 Å². The number of rotatable bonds is 6. The third-order valence-corrected chi connectivity index (χ3v) is 4.16. The van der Waals surface area contributed by atoms with Crippen molar-refractivity contribution < 1.29 is 0 Å². The van der Waals surface area contributed by atoms with Gasteiger partial charge in [-0.25, -0.2) is 0 Å². The second-order valence-electron chi connectivity index (χ2n) is 4.16. The quantitative estimate of drug-likeness (QED) is 0.593. The molecular weight excluding hydrogens is 346 g/mol. The Balaban J connectivity index is 2.85. The van der Waals surface area contributed by atoms with Gasteiger partial charge in [0.05, 0.1) is 11.7 Å².